The number of carbonyl (C=O) groups is 2. The molecule has 2 N–H and O–H groups in total. The maximum absolute atomic E-state index is 13.9. The quantitative estimate of drug-likeness (QED) is 0.271. The normalized spacial score (nSPS) is 11.4. The van der Waals surface area contributed by atoms with Crippen LogP contribution in [0.15, 0.2) is 29.2 Å². The lowest BCUT2D eigenvalue weighted by Gasteiger charge is -2.14. The van der Waals surface area contributed by atoms with Crippen LogP contribution in [0.3, 0.4) is 0 Å². The van der Waals surface area contributed by atoms with Crippen LogP contribution in [0.4, 0.5) is 42.1 Å². The van der Waals surface area contributed by atoms with Gasteiger partial charge in [-0.3, -0.25) is 9.59 Å². The summed E-state index contributed by atoms with van der Waals surface area (Å²) in [7, 11) is 0. The Hall–Kier alpha value is -2.76. The molecule has 0 aliphatic rings. The van der Waals surface area contributed by atoms with Crippen LogP contribution in [0.1, 0.15) is 31.7 Å². The van der Waals surface area contributed by atoms with Gasteiger partial charge >= 0.3 is 6.18 Å². The molecule has 12 heteroatoms. The molecule has 4 nitrogen and oxygen atoms in total. The van der Waals surface area contributed by atoms with E-state index in [1.54, 1.807) is 23.5 Å². The van der Waals surface area contributed by atoms with Gasteiger partial charge in [-0.15, -0.1) is 11.8 Å². The molecule has 2 amide bonds. The zero-order chi connectivity index (χ0) is 24.1. The van der Waals surface area contributed by atoms with Crippen molar-refractivity contribution < 1.29 is 40.3 Å². The topological polar surface area (TPSA) is 58.2 Å². The van der Waals surface area contributed by atoms with Gasteiger partial charge < -0.3 is 10.6 Å². The van der Waals surface area contributed by atoms with E-state index < -0.39 is 52.4 Å². The molecule has 0 saturated heterocycles. The lowest BCUT2D eigenvalue weighted by Crippen LogP contribution is -2.21. The molecule has 0 heterocycles. The first-order valence-corrected chi connectivity index (χ1v) is 10.2. The van der Waals surface area contributed by atoms with E-state index in [4.69, 9.17) is 0 Å². The van der Waals surface area contributed by atoms with Crippen molar-refractivity contribution in [2.24, 2.45) is 0 Å². The Kier molecular flexibility index (Phi) is 8.53. The predicted molar refractivity (Wildman–Crippen MR) is 105 cm³/mol. The van der Waals surface area contributed by atoms with Crippen molar-refractivity contribution in [1.29, 1.82) is 0 Å². The van der Waals surface area contributed by atoms with E-state index in [0.29, 0.717) is 23.4 Å². The van der Waals surface area contributed by atoms with E-state index in [9.17, 15) is 40.3 Å². The fourth-order valence-corrected chi connectivity index (χ4v) is 3.29. The number of halogens is 7. The number of thioether (sulfide) groups is 1. The molecule has 0 aliphatic carbocycles. The molecule has 174 valence electrons. The van der Waals surface area contributed by atoms with Gasteiger partial charge in [-0.25, -0.2) is 17.6 Å². The number of carbonyl (C=O) groups excluding carboxylic acids is 2. The molecule has 2 rings (SSSR count). The average molecular weight is 482 g/mol. The molecule has 2 aromatic rings. The summed E-state index contributed by atoms with van der Waals surface area (Å²) >= 11 is 0.859. The van der Waals surface area contributed by atoms with Gasteiger partial charge in [-0.1, -0.05) is 19.4 Å². The maximum Gasteiger partial charge on any atom is 0.422 e. The summed E-state index contributed by atoms with van der Waals surface area (Å²) in [5.74, 6) is -11.9. The lowest BCUT2D eigenvalue weighted by atomic mass is 10.1. The Balaban J connectivity index is 2.08. The molecule has 32 heavy (non-hydrogen) atoms. The standard InChI is InChI=1S/C20H17F7N2O2S/c1-2-3-7-12(30)28-10-5-4-6-11(8-10)32-9-13(31)29-19-17(23)15(21)14(20(25,26)27)16(22)18(19)24/h4-6,8H,2-3,7,9H2,1H3,(H,28,30)(H,29,31). The highest BCUT2D eigenvalue weighted by Gasteiger charge is 2.42. The summed E-state index contributed by atoms with van der Waals surface area (Å²) in [5.41, 5.74) is -3.94. The van der Waals surface area contributed by atoms with Crippen LogP contribution in [-0.2, 0) is 15.8 Å². The molecule has 0 atom stereocenters. The van der Waals surface area contributed by atoms with Crippen molar-refractivity contribution in [2.75, 3.05) is 16.4 Å². The average Bonchev–Trinajstić information content (AvgIpc) is 2.72. The smallest absolute Gasteiger partial charge is 0.326 e. The molecule has 0 aliphatic heterocycles. The van der Waals surface area contributed by atoms with Gasteiger partial charge in [-0.2, -0.15) is 13.2 Å². The second-order valence-corrected chi connectivity index (χ2v) is 7.57. The number of anilines is 2. The van der Waals surface area contributed by atoms with Crippen LogP contribution in [0, 0.1) is 23.3 Å². The Labute approximate surface area is 182 Å². The van der Waals surface area contributed by atoms with Crippen LogP contribution in [-0.4, -0.2) is 17.6 Å². The van der Waals surface area contributed by atoms with Gasteiger partial charge in [0.2, 0.25) is 11.8 Å². The molecule has 2 aromatic carbocycles. The number of hydrogen-bond acceptors (Lipinski definition) is 3. The number of alkyl halides is 3. The molecule has 0 fully saturated rings. The molecule has 0 aromatic heterocycles. The summed E-state index contributed by atoms with van der Waals surface area (Å²) < 4.78 is 92.9. The maximum atomic E-state index is 13.9. The van der Waals surface area contributed by atoms with Gasteiger partial charge in [0, 0.05) is 17.0 Å². The predicted octanol–water partition coefficient (Wildman–Crippen LogP) is 6.12. The minimum atomic E-state index is -5.68. The van der Waals surface area contributed by atoms with Crippen molar-refractivity contribution in [2.45, 2.75) is 37.3 Å². The second kappa shape index (κ2) is 10.7. The fraction of sp³-hybridized carbons (Fsp3) is 0.300. The molecular weight excluding hydrogens is 465 g/mol. The van der Waals surface area contributed by atoms with Crippen molar-refractivity contribution in [3.63, 3.8) is 0 Å². The molecular formula is C20H17F7N2O2S. The number of rotatable bonds is 8. The van der Waals surface area contributed by atoms with Gasteiger partial charge in [0.15, 0.2) is 23.3 Å². The summed E-state index contributed by atoms with van der Waals surface area (Å²) in [4.78, 5) is 24.2. The van der Waals surface area contributed by atoms with Crippen LogP contribution < -0.4 is 10.6 Å². The highest BCUT2D eigenvalue weighted by Crippen LogP contribution is 2.38. The number of amides is 2. The monoisotopic (exact) mass is 482 g/mol. The van der Waals surface area contributed by atoms with E-state index in [2.05, 4.69) is 5.32 Å². The number of nitrogens with one attached hydrogen (secondary N) is 2. The summed E-state index contributed by atoms with van der Waals surface area (Å²) in [5, 5.41) is 4.21. The number of hydrogen-bond donors (Lipinski definition) is 2. The lowest BCUT2D eigenvalue weighted by molar-refractivity contribution is -0.143. The van der Waals surface area contributed by atoms with E-state index in [-0.39, 0.29) is 5.91 Å². The van der Waals surface area contributed by atoms with Gasteiger partial charge in [0.1, 0.15) is 11.3 Å². The van der Waals surface area contributed by atoms with Crippen molar-refractivity contribution in [3.05, 3.63) is 53.1 Å². The van der Waals surface area contributed by atoms with Crippen LogP contribution in [0.2, 0.25) is 0 Å². The Morgan fingerprint density at radius 1 is 0.938 bits per heavy atom. The van der Waals surface area contributed by atoms with E-state index in [1.807, 2.05) is 6.92 Å². The Morgan fingerprint density at radius 2 is 1.56 bits per heavy atom. The number of benzene rings is 2. The van der Waals surface area contributed by atoms with Gasteiger partial charge in [0.05, 0.1) is 5.75 Å². The van der Waals surface area contributed by atoms with E-state index in [1.165, 1.54) is 6.07 Å². The molecule has 0 spiro atoms. The van der Waals surface area contributed by atoms with Crippen molar-refractivity contribution in [3.8, 4) is 0 Å². The number of unbranched alkanes of at least 4 members (excludes halogenated alkanes) is 1. The fourth-order valence-electron chi connectivity index (χ4n) is 2.54. The van der Waals surface area contributed by atoms with Crippen LogP contribution in [0.5, 0.6) is 0 Å². The summed E-state index contributed by atoms with van der Waals surface area (Å²) in [6, 6.07) is 6.28. The summed E-state index contributed by atoms with van der Waals surface area (Å²) in [6.07, 6.45) is -3.80. The van der Waals surface area contributed by atoms with E-state index in [0.717, 1.165) is 18.2 Å². The first-order valence-electron chi connectivity index (χ1n) is 9.21. The Bertz CT molecular complexity index is 983. The third-order valence-corrected chi connectivity index (χ3v) is 5.05. The molecule has 0 unspecified atom stereocenters. The SMILES string of the molecule is CCCCC(=O)Nc1cccc(SCC(=O)Nc2c(F)c(F)c(C(F)(F)F)c(F)c2F)c1. The minimum Gasteiger partial charge on any atom is -0.326 e. The first-order chi connectivity index (χ1) is 15.0. The zero-order valence-electron chi connectivity index (χ0n) is 16.5. The molecule has 0 bridgehead atoms. The second-order valence-electron chi connectivity index (χ2n) is 6.52. The minimum absolute atomic E-state index is 0.205. The van der Waals surface area contributed by atoms with Crippen LogP contribution >= 0.6 is 11.8 Å². The summed E-state index contributed by atoms with van der Waals surface area (Å²) in [6.45, 7) is 1.93. The van der Waals surface area contributed by atoms with Crippen LogP contribution in [0.25, 0.3) is 0 Å². The first kappa shape index (κ1) is 25.5. The van der Waals surface area contributed by atoms with Crippen molar-refractivity contribution in [1.82, 2.24) is 0 Å². The van der Waals surface area contributed by atoms with E-state index >= 15 is 0 Å². The van der Waals surface area contributed by atoms with Gasteiger partial charge in [-0.05, 0) is 24.6 Å². The van der Waals surface area contributed by atoms with Gasteiger partial charge in [0.25, 0.3) is 0 Å². The highest BCUT2D eigenvalue weighted by atomic mass is 32.2. The third kappa shape index (κ3) is 6.38. The third-order valence-electron chi connectivity index (χ3n) is 4.06. The largest absolute Gasteiger partial charge is 0.422 e. The zero-order valence-corrected chi connectivity index (χ0v) is 17.3. The van der Waals surface area contributed by atoms with Crippen molar-refractivity contribution >= 4 is 35.0 Å². The Morgan fingerprint density at radius 3 is 2.12 bits per heavy atom. The molecule has 0 saturated carbocycles. The molecule has 0 radical (unpaired) electrons. The highest BCUT2D eigenvalue weighted by molar-refractivity contribution is 8.00.